The van der Waals surface area contributed by atoms with E-state index in [2.05, 4.69) is 5.32 Å². The Kier molecular flexibility index (Phi) is 5.88. The van der Waals surface area contributed by atoms with Gasteiger partial charge in [0.2, 0.25) is 0 Å². The van der Waals surface area contributed by atoms with Crippen LogP contribution < -0.4 is 5.32 Å². The monoisotopic (exact) mass is 189 g/mol. The molecule has 0 amide bonds. The molecule has 0 aromatic rings. The maximum Gasteiger partial charge on any atom is 0.320 e. The molecule has 0 fully saturated rings. The number of carboxylic acid groups (broad SMARTS) is 2. The van der Waals surface area contributed by atoms with Crippen LogP contribution in [0, 0.1) is 0 Å². The zero-order valence-electron chi connectivity index (χ0n) is 7.62. The van der Waals surface area contributed by atoms with E-state index in [-0.39, 0.29) is 12.8 Å². The fourth-order valence-electron chi connectivity index (χ4n) is 0.899. The summed E-state index contributed by atoms with van der Waals surface area (Å²) in [5.74, 6) is -1.96. The Morgan fingerprint density at radius 1 is 1.38 bits per heavy atom. The van der Waals surface area contributed by atoms with Gasteiger partial charge in [0, 0.05) is 6.42 Å². The second-order valence-electron chi connectivity index (χ2n) is 2.78. The van der Waals surface area contributed by atoms with Crippen molar-refractivity contribution in [2.45, 2.75) is 32.2 Å². The third-order valence-electron chi connectivity index (χ3n) is 1.59. The molecule has 5 nitrogen and oxygen atoms in total. The molecule has 0 saturated carbocycles. The first-order valence-electron chi connectivity index (χ1n) is 4.26. The van der Waals surface area contributed by atoms with Gasteiger partial charge in [0.25, 0.3) is 0 Å². The van der Waals surface area contributed by atoms with Crippen molar-refractivity contribution in [2.75, 3.05) is 6.54 Å². The van der Waals surface area contributed by atoms with Crippen molar-refractivity contribution in [3.05, 3.63) is 0 Å². The number of nitrogens with one attached hydrogen (secondary N) is 1. The lowest BCUT2D eigenvalue weighted by Crippen LogP contribution is -2.37. The summed E-state index contributed by atoms with van der Waals surface area (Å²) < 4.78 is 0. The van der Waals surface area contributed by atoms with Gasteiger partial charge < -0.3 is 15.5 Å². The van der Waals surface area contributed by atoms with Gasteiger partial charge in [-0.05, 0) is 19.4 Å². The van der Waals surface area contributed by atoms with E-state index in [1.807, 2.05) is 6.92 Å². The van der Waals surface area contributed by atoms with Gasteiger partial charge in [0.1, 0.15) is 6.04 Å². The highest BCUT2D eigenvalue weighted by Crippen LogP contribution is 1.97. The van der Waals surface area contributed by atoms with Crippen molar-refractivity contribution in [1.82, 2.24) is 5.32 Å². The molecule has 0 aliphatic heterocycles. The first-order chi connectivity index (χ1) is 6.07. The van der Waals surface area contributed by atoms with E-state index in [1.165, 1.54) is 0 Å². The fraction of sp³-hybridized carbons (Fsp3) is 0.750. The van der Waals surface area contributed by atoms with E-state index in [0.29, 0.717) is 6.54 Å². The predicted octanol–water partition coefficient (Wildman–Crippen LogP) is 0.304. The molecule has 0 aromatic heterocycles. The van der Waals surface area contributed by atoms with Crippen LogP contribution in [0.1, 0.15) is 26.2 Å². The second kappa shape index (κ2) is 6.42. The second-order valence-corrected chi connectivity index (χ2v) is 2.78. The Hall–Kier alpha value is -1.10. The van der Waals surface area contributed by atoms with Crippen LogP contribution in [0.4, 0.5) is 0 Å². The van der Waals surface area contributed by atoms with Gasteiger partial charge in [-0.15, -0.1) is 0 Å². The molecule has 0 aromatic carbocycles. The minimum atomic E-state index is -0.991. The fourth-order valence-corrected chi connectivity index (χ4v) is 0.899. The number of carboxylic acids is 2. The van der Waals surface area contributed by atoms with Crippen LogP contribution in [-0.4, -0.2) is 34.7 Å². The zero-order chi connectivity index (χ0) is 10.3. The molecule has 0 heterocycles. The molecule has 0 aliphatic carbocycles. The topological polar surface area (TPSA) is 86.6 Å². The van der Waals surface area contributed by atoms with Crippen molar-refractivity contribution in [3.63, 3.8) is 0 Å². The first kappa shape index (κ1) is 11.9. The highest BCUT2D eigenvalue weighted by molar-refractivity contribution is 5.75. The molecule has 5 heteroatoms. The van der Waals surface area contributed by atoms with Crippen LogP contribution in [0.25, 0.3) is 0 Å². The van der Waals surface area contributed by atoms with Crippen LogP contribution in [0.3, 0.4) is 0 Å². The zero-order valence-corrected chi connectivity index (χ0v) is 7.62. The first-order valence-corrected chi connectivity index (χ1v) is 4.26. The normalized spacial score (nSPS) is 12.4. The van der Waals surface area contributed by atoms with E-state index in [0.717, 1.165) is 6.42 Å². The standard InChI is InChI=1S/C8H15NO4/c1-2-5-9-6(8(12)13)3-4-7(10)11/h6,9H,2-5H2,1H3,(H,10,11)(H,12,13)/t6-/m0/s1. The summed E-state index contributed by atoms with van der Waals surface area (Å²) in [5.41, 5.74) is 0. The Balaban J connectivity index is 3.80. The molecule has 0 bridgehead atoms. The third kappa shape index (κ3) is 6.10. The van der Waals surface area contributed by atoms with Gasteiger partial charge in [-0.3, -0.25) is 9.59 Å². The van der Waals surface area contributed by atoms with Crippen molar-refractivity contribution in [1.29, 1.82) is 0 Å². The average Bonchev–Trinajstić information content (AvgIpc) is 2.03. The van der Waals surface area contributed by atoms with Crippen molar-refractivity contribution < 1.29 is 19.8 Å². The summed E-state index contributed by atoms with van der Waals surface area (Å²) in [5, 5.41) is 19.8. The van der Waals surface area contributed by atoms with E-state index >= 15 is 0 Å². The minimum Gasteiger partial charge on any atom is -0.481 e. The van der Waals surface area contributed by atoms with Gasteiger partial charge in [-0.25, -0.2) is 0 Å². The molecular formula is C8H15NO4. The highest BCUT2D eigenvalue weighted by atomic mass is 16.4. The van der Waals surface area contributed by atoms with E-state index < -0.39 is 18.0 Å². The Bertz CT molecular complexity index is 181. The lowest BCUT2D eigenvalue weighted by molar-refractivity contribution is -0.140. The third-order valence-corrected chi connectivity index (χ3v) is 1.59. The van der Waals surface area contributed by atoms with Crippen LogP contribution in [-0.2, 0) is 9.59 Å². The Morgan fingerprint density at radius 3 is 2.38 bits per heavy atom. The summed E-state index contributed by atoms with van der Waals surface area (Å²) in [4.78, 5) is 20.7. The van der Waals surface area contributed by atoms with E-state index in [1.54, 1.807) is 0 Å². The lowest BCUT2D eigenvalue weighted by Gasteiger charge is -2.11. The van der Waals surface area contributed by atoms with Crippen LogP contribution in [0.15, 0.2) is 0 Å². The predicted molar refractivity (Wildman–Crippen MR) is 46.6 cm³/mol. The molecule has 0 spiro atoms. The van der Waals surface area contributed by atoms with E-state index in [4.69, 9.17) is 10.2 Å². The summed E-state index contributed by atoms with van der Waals surface area (Å²) in [6, 6.07) is -0.740. The summed E-state index contributed by atoms with van der Waals surface area (Å²) in [6.45, 7) is 2.51. The number of carbonyl (C=O) groups is 2. The summed E-state index contributed by atoms with van der Waals surface area (Å²) in [7, 11) is 0. The number of hydrogen-bond donors (Lipinski definition) is 3. The number of hydrogen-bond acceptors (Lipinski definition) is 3. The van der Waals surface area contributed by atoms with Crippen molar-refractivity contribution >= 4 is 11.9 Å². The van der Waals surface area contributed by atoms with E-state index in [9.17, 15) is 9.59 Å². The van der Waals surface area contributed by atoms with Crippen molar-refractivity contribution in [3.8, 4) is 0 Å². The maximum atomic E-state index is 10.6. The number of aliphatic carboxylic acids is 2. The van der Waals surface area contributed by atoms with Crippen LogP contribution >= 0.6 is 0 Å². The smallest absolute Gasteiger partial charge is 0.320 e. The largest absolute Gasteiger partial charge is 0.481 e. The quantitative estimate of drug-likeness (QED) is 0.536. The highest BCUT2D eigenvalue weighted by Gasteiger charge is 2.16. The van der Waals surface area contributed by atoms with Gasteiger partial charge in [0.15, 0.2) is 0 Å². The summed E-state index contributed by atoms with van der Waals surface area (Å²) in [6.07, 6.45) is 0.842. The molecular weight excluding hydrogens is 174 g/mol. The molecule has 0 aliphatic rings. The van der Waals surface area contributed by atoms with Crippen LogP contribution in [0.5, 0.6) is 0 Å². The Labute approximate surface area is 76.8 Å². The number of rotatable bonds is 7. The molecule has 0 saturated heterocycles. The van der Waals surface area contributed by atoms with Crippen LogP contribution in [0.2, 0.25) is 0 Å². The van der Waals surface area contributed by atoms with Gasteiger partial charge >= 0.3 is 11.9 Å². The lowest BCUT2D eigenvalue weighted by atomic mass is 10.1. The van der Waals surface area contributed by atoms with Crippen molar-refractivity contribution in [2.24, 2.45) is 0 Å². The van der Waals surface area contributed by atoms with Gasteiger partial charge in [-0.2, -0.15) is 0 Å². The molecule has 1 atom stereocenters. The van der Waals surface area contributed by atoms with Gasteiger partial charge in [0.05, 0.1) is 0 Å². The SMILES string of the molecule is CCCN[C@@H](CCC(=O)O)C(=O)O. The molecule has 0 unspecified atom stereocenters. The Morgan fingerprint density at radius 2 is 2.00 bits per heavy atom. The molecule has 0 rings (SSSR count). The molecule has 3 N–H and O–H groups in total. The molecule has 76 valence electrons. The molecule has 13 heavy (non-hydrogen) atoms. The minimum absolute atomic E-state index is 0.117. The van der Waals surface area contributed by atoms with Gasteiger partial charge in [-0.1, -0.05) is 6.92 Å². The average molecular weight is 189 g/mol. The maximum absolute atomic E-state index is 10.6. The molecule has 0 radical (unpaired) electrons. The summed E-state index contributed by atoms with van der Waals surface area (Å²) >= 11 is 0.